The molecule has 1 atom stereocenters. The Morgan fingerprint density at radius 2 is 1.82 bits per heavy atom. The number of hydrogen-bond acceptors (Lipinski definition) is 7. The monoisotopic (exact) mass is 562 g/mol. The van der Waals surface area contributed by atoms with Crippen molar-refractivity contribution in [3.8, 4) is 17.4 Å². The first-order valence-electron chi connectivity index (χ1n) is 13.9. The topological polar surface area (TPSA) is 79.2 Å². The van der Waals surface area contributed by atoms with Crippen LogP contribution in [0.25, 0.3) is 10.8 Å². The molecule has 2 aromatic carbocycles. The van der Waals surface area contributed by atoms with Crippen LogP contribution < -0.4 is 19.7 Å². The highest BCUT2D eigenvalue weighted by molar-refractivity contribution is 7.12. The zero-order valence-corrected chi connectivity index (χ0v) is 24.2. The maximum absolute atomic E-state index is 12.5. The fourth-order valence-electron chi connectivity index (χ4n) is 5.56. The maximum atomic E-state index is 12.5. The zero-order valence-electron chi connectivity index (χ0n) is 23.4. The molecule has 0 spiro atoms. The van der Waals surface area contributed by atoms with Gasteiger partial charge in [0.2, 0.25) is 0 Å². The summed E-state index contributed by atoms with van der Waals surface area (Å²) in [5.74, 6) is 1.48. The number of amides is 1. The molecule has 1 amide bonds. The average Bonchev–Trinajstić information content (AvgIpc) is 3.66. The summed E-state index contributed by atoms with van der Waals surface area (Å²) in [4.78, 5) is 18.0. The number of rotatable bonds is 11. The zero-order chi connectivity index (χ0) is 28.1. The van der Waals surface area contributed by atoms with Crippen molar-refractivity contribution in [1.29, 1.82) is 0 Å². The van der Waals surface area contributed by atoms with Crippen molar-refractivity contribution in [3.63, 3.8) is 0 Å². The van der Waals surface area contributed by atoms with E-state index in [9.17, 15) is 9.90 Å². The van der Waals surface area contributed by atoms with Gasteiger partial charge in [0.05, 0.1) is 25.1 Å². The molecule has 0 saturated carbocycles. The lowest BCUT2D eigenvalue weighted by Crippen LogP contribution is -2.46. The van der Waals surface area contributed by atoms with E-state index in [1.165, 1.54) is 11.3 Å². The van der Waals surface area contributed by atoms with Crippen LogP contribution in [0.3, 0.4) is 0 Å². The van der Waals surface area contributed by atoms with E-state index < -0.39 is 0 Å². The second-order valence-corrected chi connectivity index (χ2v) is 11.0. The normalized spacial score (nSPS) is 14.8. The third-order valence-corrected chi connectivity index (χ3v) is 8.68. The van der Waals surface area contributed by atoms with E-state index in [-0.39, 0.29) is 17.8 Å². The molecular formula is C31H38N4O4S. The number of nitrogens with one attached hydrogen (secondary N) is 1. The first-order chi connectivity index (χ1) is 19.5. The number of likely N-dealkylation sites (N-methyl/N-ethyl adjacent to an activating group) is 1. The largest absolute Gasteiger partial charge is 0.494 e. The smallest absolute Gasteiger partial charge is 0.261 e. The third-order valence-electron chi connectivity index (χ3n) is 7.81. The van der Waals surface area contributed by atoms with Crippen LogP contribution in [0.4, 0.5) is 5.69 Å². The number of nitrogens with zero attached hydrogens (tertiary/aromatic N) is 3. The summed E-state index contributed by atoms with van der Waals surface area (Å²) in [6, 6.07) is 15.6. The molecule has 1 aliphatic heterocycles. The van der Waals surface area contributed by atoms with Gasteiger partial charge in [0.1, 0.15) is 0 Å². The minimum atomic E-state index is -0.171. The molecule has 4 aromatic rings. The van der Waals surface area contributed by atoms with E-state index in [2.05, 4.69) is 34.3 Å². The lowest BCUT2D eigenvalue weighted by molar-refractivity contribution is 0.0956. The molecule has 2 N–H and O–H groups in total. The number of carbonyl (C=O) groups excluding carboxylic acids is 1. The molecule has 0 bridgehead atoms. The highest BCUT2D eigenvalue weighted by atomic mass is 32.1. The second kappa shape index (κ2) is 12.7. The van der Waals surface area contributed by atoms with Gasteiger partial charge in [0, 0.05) is 55.4 Å². The van der Waals surface area contributed by atoms with Gasteiger partial charge in [-0.2, -0.15) is 0 Å². The third kappa shape index (κ3) is 5.76. The minimum Gasteiger partial charge on any atom is -0.494 e. The molecule has 0 unspecified atom stereocenters. The summed E-state index contributed by atoms with van der Waals surface area (Å²) in [7, 11) is 3.25. The van der Waals surface area contributed by atoms with Crippen LogP contribution in [0.2, 0.25) is 0 Å². The molecule has 9 heteroatoms. The first kappa shape index (κ1) is 27.9. The van der Waals surface area contributed by atoms with E-state index in [4.69, 9.17) is 9.47 Å². The predicted octanol–water partition coefficient (Wildman–Crippen LogP) is 5.37. The predicted molar refractivity (Wildman–Crippen MR) is 162 cm³/mol. The summed E-state index contributed by atoms with van der Waals surface area (Å²) < 4.78 is 13.0. The highest BCUT2D eigenvalue weighted by Gasteiger charge is 2.24. The molecule has 0 aliphatic carbocycles. The van der Waals surface area contributed by atoms with Gasteiger partial charge in [-0.1, -0.05) is 25.1 Å². The number of ether oxygens (including phenoxy) is 2. The summed E-state index contributed by atoms with van der Waals surface area (Å²) in [5.41, 5.74) is 2.15. The Labute approximate surface area is 239 Å². The Balaban J connectivity index is 1.45. The van der Waals surface area contributed by atoms with E-state index >= 15 is 0 Å². The van der Waals surface area contributed by atoms with Crippen molar-refractivity contribution in [1.82, 2.24) is 14.8 Å². The molecule has 8 nitrogen and oxygen atoms in total. The van der Waals surface area contributed by atoms with Crippen LogP contribution in [0, 0.1) is 0 Å². The number of fused-ring (bicyclic) bond motifs is 1. The van der Waals surface area contributed by atoms with Gasteiger partial charge < -0.3 is 34.3 Å². The number of benzene rings is 2. The lowest BCUT2D eigenvalue weighted by Gasteiger charge is -2.35. The number of hydrogen-bond donors (Lipinski definition) is 2. The summed E-state index contributed by atoms with van der Waals surface area (Å²) in [6.07, 6.45) is 3.52. The van der Waals surface area contributed by atoms with Crippen LogP contribution in [-0.4, -0.2) is 74.0 Å². The molecule has 1 fully saturated rings. The van der Waals surface area contributed by atoms with Gasteiger partial charge in [0.15, 0.2) is 17.4 Å². The van der Waals surface area contributed by atoms with Crippen molar-refractivity contribution < 1.29 is 19.4 Å². The summed E-state index contributed by atoms with van der Waals surface area (Å²) in [6.45, 7) is 7.79. The van der Waals surface area contributed by atoms with Crippen LogP contribution in [0.15, 0.2) is 60.1 Å². The Morgan fingerprint density at radius 3 is 2.52 bits per heavy atom. The standard InChI is InChI=1S/C31H38N4O4S/c1-4-33-15-17-34(18-16-33)26-9-5-8-23-24(26)21-35(31(23)37)25(22-12-13-27(38-2)28(20-22)39-3)10-6-14-32-30(36)29-11-7-19-40-29/h5,7-9,11-13,19-21,25,37H,4,6,10,14-18H2,1-3H3,(H,32,36)/t25-/m1/s1. The van der Waals surface area contributed by atoms with Crippen LogP contribution in [0.1, 0.15) is 41.0 Å². The molecule has 212 valence electrons. The maximum Gasteiger partial charge on any atom is 0.261 e. The van der Waals surface area contributed by atoms with Crippen molar-refractivity contribution in [2.45, 2.75) is 25.8 Å². The number of anilines is 1. The number of thiophene rings is 1. The number of aromatic hydroxyl groups is 1. The van der Waals surface area contributed by atoms with Gasteiger partial charge in [-0.05, 0) is 60.7 Å². The number of methoxy groups -OCH3 is 2. The Hall–Kier alpha value is -3.69. The van der Waals surface area contributed by atoms with Gasteiger partial charge in [-0.3, -0.25) is 4.79 Å². The van der Waals surface area contributed by atoms with Gasteiger partial charge in [-0.25, -0.2) is 0 Å². The Morgan fingerprint density at radius 1 is 1.02 bits per heavy atom. The Kier molecular flexibility index (Phi) is 8.81. The number of aromatic nitrogens is 1. The van der Waals surface area contributed by atoms with E-state index in [0.717, 1.165) is 61.2 Å². The first-order valence-corrected chi connectivity index (χ1v) is 14.8. The fourth-order valence-corrected chi connectivity index (χ4v) is 6.20. The van der Waals surface area contributed by atoms with Crippen LogP contribution in [-0.2, 0) is 0 Å². The average molecular weight is 563 g/mol. The van der Waals surface area contributed by atoms with Crippen molar-refractivity contribution >= 4 is 33.7 Å². The highest BCUT2D eigenvalue weighted by Crippen LogP contribution is 2.40. The molecule has 5 rings (SSSR count). The van der Waals surface area contributed by atoms with Gasteiger partial charge >= 0.3 is 0 Å². The Bertz CT molecular complexity index is 1430. The SMILES string of the molecule is CCN1CCN(c2cccc3c(O)n([C@H](CCCNC(=O)c4cccs4)c4ccc(OC)c(OC)c4)cc23)CC1. The molecule has 3 heterocycles. The van der Waals surface area contributed by atoms with Crippen LogP contribution in [0.5, 0.6) is 17.4 Å². The van der Waals surface area contributed by atoms with Crippen molar-refractivity contribution in [3.05, 3.63) is 70.5 Å². The van der Waals surface area contributed by atoms with Gasteiger partial charge in [-0.15, -0.1) is 11.3 Å². The number of carbonyl (C=O) groups is 1. The molecule has 1 saturated heterocycles. The molecule has 40 heavy (non-hydrogen) atoms. The van der Waals surface area contributed by atoms with Gasteiger partial charge in [0.25, 0.3) is 5.91 Å². The summed E-state index contributed by atoms with van der Waals surface area (Å²) >= 11 is 1.43. The fraction of sp³-hybridized carbons (Fsp3) is 0.387. The van der Waals surface area contributed by atoms with Crippen molar-refractivity contribution in [2.75, 3.05) is 58.4 Å². The molecule has 0 radical (unpaired) electrons. The number of piperazine rings is 1. The van der Waals surface area contributed by atoms with E-state index in [0.29, 0.717) is 29.3 Å². The van der Waals surface area contributed by atoms with Crippen molar-refractivity contribution in [2.24, 2.45) is 0 Å². The van der Waals surface area contributed by atoms with Crippen LogP contribution >= 0.6 is 11.3 Å². The quantitative estimate of drug-likeness (QED) is 0.240. The molecule has 1 aliphatic rings. The summed E-state index contributed by atoms with van der Waals surface area (Å²) in [5, 5.41) is 18.3. The van der Waals surface area contributed by atoms with E-state index in [1.807, 2.05) is 52.4 Å². The second-order valence-electron chi connectivity index (χ2n) is 10.0. The molecular weight excluding hydrogens is 524 g/mol. The molecule has 2 aromatic heterocycles. The van der Waals surface area contributed by atoms with E-state index in [1.54, 1.807) is 14.2 Å². The minimum absolute atomic E-state index is 0.0555. The lowest BCUT2D eigenvalue weighted by atomic mass is 10.0.